The number of nitrogens with zero attached hydrogens (tertiary/aromatic N) is 2. The van der Waals surface area contributed by atoms with Crippen LogP contribution in [0.5, 0.6) is 0 Å². The molecular weight excluding hydrogens is 340 g/mol. The van der Waals surface area contributed by atoms with Gasteiger partial charge in [0.15, 0.2) is 0 Å². The minimum Gasteiger partial charge on any atom is -0.383 e. The van der Waals surface area contributed by atoms with E-state index >= 15 is 0 Å². The summed E-state index contributed by atoms with van der Waals surface area (Å²) in [5.41, 5.74) is 2.82. The van der Waals surface area contributed by atoms with Gasteiger partial charge in [-0.3, -0.25) is 14.3 Å². The Morgan fingerprint density at radius 2 is 1.74 bits per heavy atom. The molecule has 0 aliphatic heterocycles. The number of benzene rings is 2. The first-order valence-electron chi connectivity index (χ1n) is 8.90. The van der Waals surface area contributed by atoms with Crippen molar-refractivity contribution in [2.45, 2.75) is 26.8 Å². The van der Waals surface area contributed by atoms with Crippen molar-refractivity contribution in [1.82, 2.24) is 9.36 Å². The van der Waals surface area contributed by atoms with Crippen molar-refractivity contribution in [3.63, 3.8) is 0 Å². The summed E-state index contributed by atoms with van der Waals surface area (Å²) >= 11 is 0. The summed E-state index contributed by atoms with van der Waals surface area (Å²) in [7, 11) is 1.80. The summed E-state index contributed by atoms with van der Waals surface area (Å²) in [6, 6.07) is 16.8. The molecule has 2 aromatic carbocycles. The minimum atomic E-state index is -0.312. The van der Waals surface area contributed by atoms with Crippen molar-refractivity contribution >= 4 is 17.3 Å². The van der Waals surface area contributed by atoms with E-state index in [9.17, 15) is 9.59 Å². The van der Waals surface area contributed by atoms with Gasteiger partial charge in [0.05, 0.1) is 11.4 Å². The Labute approximate surface area is 158 Å². The predicted octanol–water partition coefficient (Wildman–Crippen LogP) is 3.56. The van der Waals surface area contributed by atoms with Crippen LogP contribution < -0.4 is 16.2 Å². The van der Waals surface area contributed by atoms with E-state index in [2.05, 4.69) is 10.6 Å². The molecule has 6 heteroatoms. The molecule has 0 atom stereocenters. The Kier molecular flexibility index (Phi) is 5.16. The minimum absolute atomic E-state index is 0.258. The molecule has 0 aliphatic rings. The summed E-state index contributed by atoms with van der Waals surface area (Å²) in [6.45, 7) is 5.88. The van der Waals surface area contributed by atoms with Gasteiger partial charge in [-0.1, -0.05) is 24.3 Å². The normalized spacial score (nSPS) is 10.9. The third-order valence-electron chi connectivity index (χ3n) is 4.37. The molecular formula is C21H24N4O2. The molecule has 27 heavy (non-hydrogen) atoms. The summed E-state index contributed by atoms with van der Waals surface area (Å²) in [5, 5.41) is 6.06. The molecule has 0 spiro atoms. The van der Waals surface area contributed by atoms with Crippen LogP contribution in [-0.4, -0.2) is 21.3 Å². The molecule has 0 unspecified atom stereocenters. The van der Waals surface area contributed by atoms with Crippen LogP contribution in [0.4, 0.5) is 11.4 Å². The Bertz CT molecular complexity index is 1020. The maximum absolute atomic E-state index is 12.9. The van der Waals surface area contributed by atoms with Crippen LogP contribution in [0.1, 0.15) is 29.9 Å². The van der Waals surface area contributed by atoms with E-state index in [4.69, 9.17) is 0 Å². The van der Waals surface area contributed by atoms with E-state index in [1.807, 2.05) is 63.2 Å². The van der Waals surface area contributed by atoms with Crippen LogP contribution in [-0.2, 0) is 7.05 Å². The Hall–Kier alpha value is -3.28. The molecule has 6 nitrogen and oxygen atoms in total. The Morgan fingerprint density at radius 3 is 2.41 bits per heavy atom. The highest BCUT2D eigenvalue weighted by molar-refractivity contribution is 6.05. The van der Waals surface area contributed by atoms with Crippen LogP contribution in [0.2, 0.25) is 0 Å². The van der Waals surface area contributed by atoms with Gasteiger partial charge in [0.25, 0.3) is 11.5 Å². The van der Waals surface area contributed by atoms with Crippen molar-refractivity contribution in [1.29, 1.82) is 0 Å². The third kappa shape index (κ3) is 3.79. The molecule has 2 N–H and O–H groups in total. The van der Waals surface area contributed by atoms with Gasteiger partial charge in [-0.15, -0.1) is 0 Å². The number of para-hydroxylation sites is 1. The maximum atomic E-state index is 12.9. The highest BCUT2D eigenvalue weighted by Crippen LogP contribution is 2.17. The van der Waals surface area contributed by atoms with Gasteiger partial charge in [-0.2, -0.15) is 0 Å². The summed E-state index contributed by atoms with van der Waals surface area (Å²) in [5.74, 6) is -0.312. The zero-order chi connectivity index (χ0) is 19.6. The van der Waals surface area contributed by atoms with E-state index in [-0.39, 0.29) is 23.2 Å². The molecule has 3 aromatic rings. The third-order valence-corrected chi connectivity index (χ3v) is 4.37. The number of amides is 1. The zero-order valence-electron chi connectivity index (χ0n) is 16.0. The fourth-order valence-corrected chi connectivity index (χ4v) is 2.98. The van der Waals surface area contributed by atoms with Gasteiger partial charge in [0.1, 0.15) is 5.69 Å². The number of carbonyl (C=O) groups excluding carboxylic acids is 1. The quantitative estimate of drug-likeness (QED) is 0.727. The zero-order valence-corrected chi connectivity index (χ0v) is 16.0. The molecule has 0 saturated carbocycles. The smallest absolute Gasteiger partial charge is 0.295 e. The topological polar surface area (TPSA) is 68.1 Å². The molecule has 1 heterocycles. The molecule has 0 bridgehead atoms. The van der Waals surface area contributed by atoms with Crippen molar-refractivity contribution in [3.8, 4) is 5.69 Å². The fraction of sp³-hybridized carbons (Fsp3) is 0.238. The molecule has 0 aliphatic carbocycles. The first-order chi connectivity index (χ1) is 12.9. The van der Waals surface area contributed by atoms with Crippen molar-refractivity contribution < 1.29 is 4.79 Å². The fourth-order valence-electron chi connectivity index (χ4n) is 2.98. The second-order valence-electron chi connectivity index (χ2n) is 6.77. The number of nitrogens with one attached hydrogen (secondary N) is 2. The molecule has 1 aromatic heterocycles. The van der Waals surface area contributed by atoms with E-state index in [0.29, 0.717) is 11.3 Å². The van der Waals surface area contributed by atoms with E-state index in [0.717, 1.165) is 11.4 Å². The summed E-state index contributed by atoms with van der Waals surface area (Å²) < 4.78 is 3.28. The van der Waals surface area contributed by atoms with E-state index in [1.54, 1.807) is 28.5 Å². The number of rotatable bonds is 5. The van der Waals surface area contributed by atoms with Crippen molar-refractivity contribution in [2.75, 3.05) is 10.6 Å². The van der Waals surface area contributed by atoms with Gasteiger partial charge < -0.3 is 10.6 Å². The van der Waals surface area contributed by atoms with Gasteiger partial charge in [0, 0.05) is 24.3 Å². The van der Waals surface area contributed by atoms with Crippen molar-refractivity contribution in [2.24, 2.45) is 7.05 Å². The second kappa shape index (κ2) is 7.53. The number of hydrogen-bond acceptors (Lipinski definition) is 3. The highest BCUT2D eigenvalue weighted by atomic mass is 16.2. The molecule has 0 radical (unpaired) electrons. The van der Waals surface area contributed by atoms with E-state index in [1.165, 1.54) is 0 Å². The Balaban J connectivity index is 1.93. The lowest BCUT2D eigenvalue weighted by Gasteiger charge is -2.11. The van der Waals surface area contributed by atoms with E-state index < -0.39 is 0 Å². The number of hydrogen-bond donors (Lipinski definition) is 2. The number of anilines is 2. The average molecular weight is 364 g/mol. The molecule has 0 saturated heterocycles. The Morgan fingerprint density at radius 1 is 1.04 bits per heavy atom. The standard InChI is InChI=1S/C21H24N4O2/c1-14(2)22-17-10-8-9-16(13-17)20(26)23-19-15(3)24(4)25(21(19)27)18-11-6-5-7-12-18/h5-14,22H,1-4H3,(H,23,26). The SMILES string of the molecule is Cc1c(NC(=O)c2cccc(NC(C)C)c2)c(=O)n(-c2ccccc2)n1C. The molecule has 3 rings (SSSR count). The first-order valence-corrected chi connectivity index (χ1v) is 8.90. The summed E-state index contributed by atoms with van der Waals surface area (Å²) in [4.78, 5) is 25.6. The van der Waals surface area contributed by atoms with Gasteiger partial charge in [0.2, 0.25) is 0 Å². The lowest BCUT2D eigenvalue weighted by molar-refractivity contribution is 0.102. The van der Waals surface area contributed by atoms with Crippen LogP contribution in [0.25, 0.3) is 5.69 Å². The van der Waals surface area contributed by atoms with Crippen LogP contribution >= 0.6 is 0 Å². The second-order valence-corrected chi connectivity index (χ2v) is 6.77. The molecule has 0 fully saturated rings. The van der Waals surface area contributed by atoms with Gasteiger partial charge >= 0.3 is 0 Å². The predicted molar refractivity (Wildman–Crippen MR) is 109 cm³/mol. The lowest BCUT2D eigenvalue weighted by atomic mass is 10.1. The van der Waals surface area contributed by atoms with Gasteiger partial charge in [-0.05, 0) is 51.1 Å². The average Bonchev–Trinajstić information content (AvgIpc) is 2.85. The first kappa shape index (κ1) is 18.5. The van der Waals surface area contributed by atoms with Crippen LogP contribution in [0.15, 0.2) is 59.4 Å². The molecule has 1 amide bonds. The number of carbonyl (C=O) groups is 1. The highest BCUT2D eigenvalue weighted by Gasteiger charge is 2.18. The molecule has 140 valence electrons. The maximum Gasteiger partial charge on any atom is 0.295 e. The lowest BCUT2D eigenvalue weighted by Crippen LogP contribution is -2.23. The van der Waals surface area contributed by atoms with Gasteiger partial charge in [-0.25, -0.2) is 4.68 Å². The summed E-state index contributed by atoms with van der Waals surface area (Å²) in [6.07, 6.45) is 0. The monoisotopic (exact) mass is 364 g/mol. The largest absolute Gasteiger partial charge is 0.383 e. The number of aromatic nitrogens is 2. The van der Waals surface area contributed by atoms with Crippen LogP contribution in [0.3, 0.4) is 0 Å². The van der Waals surface area contributed by atoms with Crippen molar-refractivity contribution in [3.05, 3.63) is 76.2 Å². The van der Waals surface area contributed by atoms with Crippen LogP contribution in [0, 0.1) is 6.92 Å².